The van der Waals surface area contributed by atoms with E-state index in [1.807, 2.05) is 32.0 Å². The molecule has 0 unspecified atom stereocenters. The Labute approximate surface area is 196 Å². The predicted molar refractivity (Wildman–Crippen MR) is 133 cm³/mol. The Balaban J connectivity index is 1.42. The van der Waals surface area contributed by atoms with E-state index in [0.29, 0.717) is 16.4 Å². The van der Waals surface area contributed by atoms with Crippen LogP contribution in [-0.2, 0) is 5.54 Å². The number of carbonyl (C=O) groups is 1. The molecule has 2 aromatic heterocycles. The summed E-state index contributed by atoms with van der Waals surface area (Å²) >= 11 is 0. The van der Waals surface area contributed by atoms with Gasteiger partial charge in [0.05, 0.1) is 16.6 Å². The van der Waals surface area contributed by atoms with Crippen LogP contribution in [0.5, 0.6) is 0 Å². The third-order valence-corrected chi connectivity index (χ3v) is 6.61. The number of nitrogens with zero attached hydrogens (tertiary/aromatic N) is 2. The smallest absolute Gasteiger partial charge is 0.255 e. The second kappa shape index (κ2) is 8.56. The summed E-state index contributed by atoms with van der Waals surface area (Å²) in [6, 6.07) is 13.5. The quantitative estimate of drug-likeness (QED) is 0.428. The molecule has 0 spiro atoms. The molecule has 1 amide bonds. The first kappa shape index (κ1) is 22.1. The molecule has 2 aromatic carbocycles. The van der Waals surface area contributed by atoms with Gasteiger partial charge in [-0.3, -0.25) is 9.59 Å². The van der Waals surface area contributed by atoms with Crippen LogP contribution in [0, 0.1) is 5.82 Å². The first-order valence-corrected chi connectivity index (χ1v) is 11.6. The van der Waals surface area contributed by atoms with Crippen LogP contribution < -0.4 is 15.6 Å². The van der Waals surface area contributed by atoms with Gasteiger partial charge in [-0.05, 0) is 69.0 Å². The van der Waals surface area contributed by atoms with Crippen molar-refractivity contribution in [1.29, 1.82) is 0 Å². The number of benzene rings is 2. The molecule has 1 fully saturated rings. The van der Waals surface area contributed by atoms with E-state index < -0.39 is 17.3 Å². The summed E-state index contributed by atoms with van der Waals surface area (Å²) in [6.45, 7) is 5.73. The number of nitrogens with one attached hydrogen (secondary N) is 2. The number of rotatable bonds is 4. The molecular weight excluding hydrogens is 431 g/mol. The summed E-state index contributed by atoms with van der Waals surface area (Å²) in [7, 11) is 0. The fourth-order valence-corrected chi connectivity index (χ4v) is 4.61. The molecule has 0 saturated carbocycles. The second-order valence-electron chi connectivity index (χ2n) is 9.41. The van der Waals surface area contributed by atoms with E-state index in [0.717, 1.165) is 30.5 Å². The van der Waals surface area contributed by atoms with Gasteiger partial charge >= 0.3 is 0 Å². The Hall–Kier alpha value is -3.74. The lowest BCUT2D eigenvalue weighted by molar-refractivity contribution is 0.0908. The van der Waals surface area contributed by atoms with Crippen LogP contribution in [0.3, 0.4) is 0 Å². The number of H-pyrrole nitrogens is 1. The maximum absolute atomic E-state index is 15.0. The maximum atomic E-state index is 15.0. The van der Waals surface area contributed by atoms with Crippen LogP contribution in [0.15, 0.2) is 59.5 Å². The van der Waals surface area contributed by atoms with Gasteiger partial charge in [-0.1, -0.05) is 18.2 Å². The van der Waals surface area contributed by atoms with Crippen molar-refractivity contribution in [2.75, 3.05) is 18.0 Å². The van der Waals surface area contributed by atoms with Gasteiger partial charge in [0.2, 0.25) is 0 Å². The average Bonchev–Trinajstić information content (AvgIpc) is 2.85. The van der Waals surface area contributed by atoms with E-state index >= 15 is 0 Å². The van der Waals surface area contributed by atoms with Crippen molar-refractivity contribution in [1.82, 2.24) is 15.3 Å². The number of piperidine rings is 1. The summed E-state index contributed by atoms with van der Waals surface area (Å²) < 4.78 is 15.0. The number of aromatic amines is 1. The molecule has 34 heavy (non-hydrogen) atoms. The summed E-state index contributed by atoms with van der Waals surface area (Å²) in [4.78, 5) is 35.9. The standard InChI is InChI=1S/C27H27FN4O2/c1-27(2,17-10-11-24(29-16-17)32-12-6-3-7-13-32)31-26(34)19-15-23-20(14-21(19)28)25(33)18-8-4-5-9-22(18)30-23/h4-5,8-11,14-16H,3,6-7,12-13H2,1-2H3,(H,30,33)(H,31,34). The Bertz CT molecular complexity index is 1440. The lowest BCUT2D eigenvalue weighted by Gasteiger charge is -2.30. The largest absolute Gasteiger partial charge is 0.357 e. The number of para-hydroxylation sites is 1. The highest BCUT2D eigenvalue weighted by molar-refractivity contribution is 6.00. The predicted octanol–water partition coefficient (Wildman–Crippen LogP) is 4.87. The third kappa shape index (κ3) is 4.02. The van der Waals surface area contributed by atoms with E-state index in [1.165, 1.54) is 25.3 Å². The first-order valence-electron chi connectivity index (χ1n) is 11.6. The van der Waals surface area contributed by atoms with Gasteiger partial charge in [0.15, 0.2) is 5.43 Å². The van der Waals surface area contributed by atoms with Gasteiger partial charge in [0.1, 0.15) is 11.6 Å². The number of amides is 1. The molecule has 6 nitrogen and oxygen atoms in total. The van der Waals surface area contributed by atoms with Crippen molar-refractivity contribution < 1.29 is 9.18 Å². The molecule has 0 bridgehead atoms. The number of fused-ring (bicyclic) bond motifs is 2. The lowest BCUT2D eigenvalue weighted by Crippen LogP contribution is -2.41. The van der Waals surface area contributed by atoms with Gasteiger partial charge in [-0.25, -0.2) is 9.37 Å². The van der Waals surface area contributed by atoms with E-state index in [-0.39, 0.29) is 16.4 Å². The molecule has 1 aliphatic rings. The van der Waals surface area contributed by atoms with E-state index in [2.05, 4.69) is 20.2 Å². The van der Waals surface area contributed by atoms with Crippen molar-refractivity contribution in [3.63, 3.8) is 0 Å². The van der Waals surface area contributed by atoms with Crippen molar-refractivity contribution in [2.24, 2.45) is 0 Å². The second-order valence-corrected chi connectivity index (χ2v) is 9.41. The fourth-order valence-electron chi connectivity index (χ4n) is 4.61. The van der Waals surface area contributed by atoms with Gasteiger partial charge in [-0.15, -0.1) is 0 Å². The van der Waals surface area contributed by atoms with Gasteiger partial charge in [-0.2, -0.15) is 0 Å². The van der Waals surface area contributed by atoms with Crippen LogP contribution >= 0.6 is 0 Å². The fraction of sp³-hybridized carbons (Fsp3) is 0.296. The Kier molecular flexibility index (Phi) is 5.55. The minimum absolute atomic E-state index is 0.121. The number of anilines is 1. The van der Waals surface area contributed by atoms with Crippen molar-refractivity contribution >= 4 is 33.5 Å². The summed E-state index contributed by atoms with van der Waals surface area (Å²) in [6.07, 6.45) is 5.36. The molecule has 5 rings (SSSR count). The molecule has 0 aliphatic carbocycles. The highest BCUT2D eigenvalue weighted by Gasteiger charge is 2.26. The molecule has 0 radical (unpaired) electrons. The molecular formula is C27H27FN4O2. The molecule has 3 heterocycles. The number of pyridine rings is 2. The van der Waals surface area contributed by atoms with Crippen LogP contribution in [0.4, 0.5) is 10.2 Å². The molecule has 0 atom stereocenters. The molecule has 7 heteroatoms. The number of aromatic nitrogens is 2. The number of hydrogen-bond acceptors (Lipinski definition) is 4. The van der Waals surface area contributed by atoms with Crippen molar-refractivity contribution in [3.05, 3.63) is 81.9 Å². The van der Waals surface area contributed by atoms with Gasteiger partial charge in [0.25, 0.3) is 5.91 Å². The Morgan fingerprint density at radius 1 is 1.03 bits per heavy atom. The number of carbonyl (C=O) groups excluding carboxylic acids is 1. The van der Waals surface area contributed by atoms with Crippen molar-refractivity contribution in [3.8, 4) is 0 Å². The third-order valence-electron chi connectivity index (χ3n) is 6.61. The first-order chi connectivity index (χ1) is 16.3. The molecule has 2 N–H and O–H groups in total. The zero-order valence-electron chi connectivity index (χ0n) is 19.3. The number of hydrogen-bond donors (Lipinski definition) is 2. The lowest BCUT2D eigenvalue weighted by atomic mass is 9.95. The highest BCUT2D eigenvalue weighted by atomic mass is 19.1. The SMILES string of the molecule is CC(C)(NC(=O)c1cc2[nH]c3ccccc3c(=O)c2cc1F)c1ccc(N2CCCCC2)nc1. The van der Waals surface area contributed by atoms with Crippen molar-refractivity contribution in [2.45, 2.75) is 38.6 Å². The monoisotopic (exact) mass is 458 g/mol. The average molecular weight is 459 g/mol. The van der Waals surface area contributed by atoms with Crippen LogP contribution in [0.1, 0.15) is 49.0 Å². The highest BCUT2D eigenvalue weighted by Crippen LogP contribution is 2.25. The van der Waals surface area contributed by atoms with Crippen LogP contribution in [-0.4, -0.2) is 29.0 Å². The topological polar surface area (TPSA) is 78.1 Å². The Morgan fingerprint density at radius 2 is 1.79 bits per heavy atom. The number of halogens is 1. The van der Waals surface area contributed by atoms with Gasteiger partial charge in [0, 0.05) is 35.6 Å². The minimum Gasteiger partial charge on any atom is -0.357 e. The van der Waals surface area contributed by atoms with E-state index in [4.69, 9.17) is 0 Å². The Morgan fingerprint density at radius 3 is 2.53 bits per heavy atom. The minimum atomic E-state index is -0.775. The van der Waals surface area contributed by atoms with Gasteiger partial charge < -0.3 is 15.2 Å². The molecule has 1 saturated heterocycles. The van der Waals surface area contributed by atoms with Crippen LogP contribution in [0.2, 0.25) is 0 Å². The van der Waals surface area contributed by atoms with E-state index in [1.54, 1.807) is 24.4 Å². The van der Waals surface area contributed by atoms with E-state index in [9.17, 15) is 14.0 Å². The molecule has 174 valence electrons. The zero-order chi connectivity index (χ0) is 23.9. The summed E-state index contributed by atoms with van der Waals surface area (Å²) in [5.74, 6) is -0.360. The summed E-state index contributed by atoms with van der Waals surface area (Å²) in [5, 5.41) is 3.61. The summed E-state index contributed by atoms with van der Waals surface area (Å²) in [5.41, 5.74) is 0.712. The van der Waals surface area contributed by atoms with Crippen LogP contribution in [0.25, 0.3) is 21.8 Å². The molecule has 1 aliphatic heterocycles. The normalized spacial score (nSPS) is 14.5. The maximum Gasteiger partial charge on any atom is 0.255 e. The molecule has 4 aromatic rings. The zero-order valence-corrected chi connectivity index (χ0v) is 19.3.